The Balaban J connectivity index is 1.81. The van der Waals surface area contributed by atoms with Crippen LogP contribution in [-0.4, -0.2) is 17.9 Å². The second-order valence-electron chi connectivity index (χ2n) is 6.42. The molecule has 4 aromatic rings. The van der Waals surface area contributed by atoms with Gasteiger partial charge in [0.05, 0.1) is 5.69 Å². The molecule has 1 heterocycles. The summed E-state index contributed by atoms with van der Waals surface area (Å²) in [4.78, 5) is 20.3. The number of nitrogens with zero attached hydrogens (tertiary/aromatic N) is 2. The molecule has 1 aromatic heterocycles. The summed E-state index contributed by atoms with van der Waals surface area (Å²) in [6, 6.07) is 24.6. The van der Waals surface area contributed by atoms with Crippen LogP contribution in [0.2, 0.25) is 10.0 Å². The van der Waals surface area contributed by atoms with Crippen LogP contribution in [0.15, 0.2) is 78.9 Å². The summed E-state index contributed by atoms with van der Waals surface area (Å²) in [5.41, 5.74) is 3.16. The zero-order valence-electron chi connectivity index (χ0n) is 15.5. The summed E-state index contributed by atoms with van der Waals surface area (Å²) in [6.45, 7) is 0. The standard InChI is InChI=1S/C23H16Cl2N2OS/c1-27(19-13-17(24)12-18(25)14-19)23(28)21-20(15-8-4-2-5-9-15)26-22(29-21)16-10-6-3-7-11-16/h2-14H,1H3. The van der Waals surface area contributed by atoms with Crippen molar-refractivity contribution in [3.63, 3.8) is 0 Å². The fourth-order valence-electron chi connectivity index (χ4n) is 2.96. The smallest absolute Gasteiger partial charge is 0.270 e. The fourth-order valence-corrected chi connectivity index (χ4v) is 4.55. The summed E-state index contributed by atoms with van der Waals surface area (Å²) < 4.78 is 0. The molecular weight excluding hydrogens is 423 g/mol. The summed E-state index contributed by atoms with van der Waals surface area (Å²) in [5, 5.41) is 1.75. The van der Waals surface area contributed by atoms with Crippen molar-refractivity contribution in [3.8, 4) is 21.8 Å². The lowest BCUT2D eigenvalue weighted by molar-refractivity contribution is 0.0997. The van der Waals surface area contributed by atoms with Gasteiger partial charge < -0.3 is 4.90 Å². The molecule has 3 nitrogen and oxygen atoms in total. The molecule has 0 radical (unpaired) electrons. The van der Waals surface area contributed by atoms with E-state index in [2.05, 4.69) is 0 Å². The molecule has 144 valence electrons. The molecule has 0 saturated carbocycles. The molecule has 0 spiro atoms. The molecule has 6 heteroatoms. The third-order valence-electron chi connectivity index (χ3n) is 4.43. The SMILES string of the molecule is CN(C(=O)c1sc(-c2ccccc2)nc1-c1ccccc1)c1cc(Cl)cc(Cl)c1. The normalized spacial score (nSPS) is 10.7. The van der Waals surface area contributed by atoms with Crippen molar-refractivity contribution in [2.24, 2.45) is 0 Å². The predicted octanol–water partition coefficient (Wildman–Crippen LogP) is 7.06. The highest BCUT2D eigenvalue weighted by Gasteiger charge is 2.24. The van der Waals surface area contributed by atoms with Gasteiger partial charge in [0.1, 0.15) is 9.88 Å². The first-order valence-corrected chi connectivity index (χ1v) is 10.5. The Bertz CT molecular complexity index is 1140. The number of carbonyl (C=O) groups is 1. The van der Waals surface area contributed by atoms with Crippen LogP contribution >= 0.6 is 34.5 Å². The third kappa shape index (κ3) is 4.20. The van der Waals surface area contributed by atoms with Crippen molar-refractivity contribution in [2.45, 2.75) is 0 Å². The number of carbonyl (C=O) groups excluding carboxylic acids is 1. The Morgan fingerprint density at radius 3 is 2.00 bits per heavy atom. The number of amides is 1. The minimum atomic E-state index is -0.165. The van der Waals surface area contributed by atoms with Gasteiger partial charge in [-0.15, -0.1) is 11.3 Å². The molecule has 0 fully saturated rings. The van der Waals surface area contributed by atoms with Gasteiger partial charge in [-0.25, -0.2) is 4.98 Å². The Kier molecular flexibility index (Phi) is 5.67. The number of benzene rings is 3. The Morgan fingerprint density at radius 1 is 0.862 bits per heavy atom. The molecule has 0 N–H and O–H groups in total. The lowest BCUT2D eigenvalue weighted by atomic mass is 10.1. The van der Waals surface area contributed by atoms with E-state index in [1.807, 2.05) is 60.7 Å². The Hall–Kier alpha value is -2.66. The first-order valence-electron chi connectivity index (χ1n) is 8.89. The van der Waals surface area contributed by atoms with Crippen LogP contribution in [0, 0.1) is 0 Å². The van der Waals surface area contributed by atoms with Crippen LogP contribution < -0.4 is 4.90 Å². The monoisotopic (exact) mass is 438 g/mol. The van der Waals surface area contributed by atoms with Crippen LogP contribution in [-0.2, 0) is 0 Å². The molecular formula is C23H16Cl2N2OS. The van der Waals surface area contributed by atoms with E-state index in [-0.39, 0.29) is 5.91 Å². The molecule has 0 aliphatic carbocycles. The van der Waals surface area contributed by atoms with Gasteiger partial charge >= 0.3 is 0 Å². The highest BCUT2D eigenvalue weighted by Crippen LogP contribution is 2.35. The predicted molar refractivity (Wildman–Crippen MR) is 122 cm³/mol. The van der Waals surface area contributed by atoms with Gasteiger partial charge in [-0.1, -0.05) is 83.9 Å². The number of halogens is 2. The molecule has 0 unspecified atom stereocenters. The first-order chi connectivity index (χ1) is 14.0. The molecule has 4 rings (SSSR count). The number of hydrogen-bond acceptors (Lipinski definition) is 3. The maximum atomic E-state index is 13.4. The van der Waals surface area contributed by atoms with Crippen molar-refractivity contribution in [3.05, 3.63) is 93.8 Å². The molecule has 3 aromatic carbocycles. The first kappa shape index (κ1) is 19.6. The van der Waals surface area contributed by atoms with Gasteiger partial charge in [0, 0.05) is 33.9 Å². The van der Waals surface area contributed by atoms with Crippen LogP contribution in [0.3, 0.4) is 0 Å². The zero-order valence-corrected chi connectivity index (χ0v) is 17.8. The maximum absolute atomic E-state index is 13.4. The highest BCUT2D eigenvalue weighted by atomic mass is 35.5. The average Bonchev–Trinajstić information content (AvgIpc) is 3.19. The van der Waals surface area contributed by atoms with E-state index >= 15 is 0 Å². The van der Waals surface area contributed by atoms with E-state index in [4.69, 9.17) is 28.2 Å². The molecule has 0 saturated heterocycles. The van der Waals surface area contributed by atoms with E-state index < -0.39 is 0 Å². The van der Waals surface area contributed by atoms with Crippen molar-refractivity contribution in [1.82, 2.24) is 4.98 Å². The van der Waals surface area contributed by atoms with Crippen molar-refractivity contribution in [1.29, 1.82) is 0 Å². The summed E-state index contributed by atoms with van der Waals surface area (Å²) in [5.74, 6) is -0.165. The van der Waals surface area contributed by atoms with E-state index in [0.29, 0.717) is 26.3 Å². The minimum absolute atomic E-state index is 0.165. The van der Waals surface area contributed by atoms with E-state index in [9.17, 15) is 4.79 Å². The van der Waals surface area contributed by atoms with Crippen LogP contribution in [0.5, 0.6) is 0 Å². The quantitative estimate of drug-likeness (QED) is 0.341. The van der Waals surface area contributed by atoms with E-state index in [0.717, 1.165) is 16.1 Å². The summed E-state index contributed by atoms with van der Waals surface area (Å²) in [7, 11) is 1.71. The van der Waals surface area contributed by atoms with Gasteiger partial charge in [0.2, 0.25) is 0 Å². The van der Waals surface area contributed by atoms with Gasteiger partial charge in [-0.2, -0.15) is 0 Å². The molecule has 0 atom stereocenters. The van der Waals surface area contributed by atoms with Gasteiger partial charge in [-0.05, 0) is 18.2 Å². The van der Waals surface area contributed by atoms with Gasteiger partial charge in [0.25, 0.3) is 5.91 Å². The number of rotatable bonds is 4. The highest BCUT2D eigenvalue weighted by molar-refractivity contribution is 7.17. The summed E-state index contributed by atoms with van der Waals surface area (Å²) >= 11 is 13.6. The minimum Gasteiger partial charge on any atom is -0.311 e. The van der Waals surface area contributed by atoms with Gasteiger partial charge in [0.15, 0.2) is 0 Å². The lowest BCUT2D eigenvalue weighted by Gasteiger charge is -2.17. The van der Waals surface area contributed by atoms with Crippen LogP contribution in [0.25, 0.3) is 21.8 Å². The molecule has 1 amide bonds. The fraction of sp³-hybridized carbons (Fsp3) is 0.0435. The van der Waals surface area contributed by atoms with E-state index in [1.165, 1.54) is 11.3 Å². The molecule has 0 aliphatic rings. The second-order valence-corrected chi connectivity index (χ2v) is 8.29. The molecule has 29 heavy (non-hydrogen) atoms. The van der Waals surface area contributed by atoms with Crippen molar-refractivity contribution in [2.75, 3.05) is 11.9 Å². The number of anilines is 1. The van der Waals surface area contributed by atoms with Crippen molar-refractivity contribution >= 4 is 46.1 Å². The third-order valence-corrected chi connectivity index (χ3v) is 5.96. The van der Waals surface area contributed by atoms with Crippen molar-refractivity contribution < 1.29 is 4.79 Å². The zero-order chi connectivity index (χ0) is 20.4. The van der Waals surface area contributed by atoms with E-state index in [1.54, 1.807) is 30.1 Å². The summed E-state index contributed by atoms with van der Waals surface area (Å²) in [6.07, 6.45) is 0. The number of aromatic nitrogens is 1. The van der Waals surface area contributed by atoms with Crippen LogP contribution in [0.1, 0.15) is 9.67 Å². The topological polar surface area (TPSA) is 33.2 Å². The number of hydrogen-bond donors (Lipinski definition) is 0. The Labute approximate surface area is 183 Å². The second kappa shape index (κ2) is 8.37. The Morgan fingerprint density at radius 2 is 1.41 bits per heavy atom. The maximum Gasteiger partial charge on any atom is 0.270 e. The number of thiazole rings is 1. The lowest BCUT2D eigenvalue weighted by Crippen LogP contribution is -2.25. The molecule has 0 aliphatic heterocycles. The average molecular weight is 439 g/mol. The van der Waals surface area contributed by atoms with Crippen LogP contribution in [0.4, 0.5) is 5.69 Å². The largest absolute Gasteiger partial charge is 0.311 e. The van der Waals surface area contributed by atoms with Gasteiger partial charge in [-0.3, -0.25) is 4.79 Å². The molecule has 0 bridgehead atoms.